The van der Waals surface area contributed by atoms with Gasteiger partial charge in [0.2, 0.25) is 0 Å². The van der Waals surface area contributed by atoms with Gasteiger partial charge in [0, 0.05) is 20.1 Å². The molecular weight excluding hydrogens is 266 g/mol. The Balaban J connectivity index is 2.06. The highest BCUT2D eigenvalue weighted by atomic mass is 32.1. The minimum absolute atomic E-state index is 0.622. The number of rotatable bonds is 5. The van der Waals surface area contributed by atoms with Gasteiger partial charge in [-0.2, -0.15) is 0 Å². The molecule has 2 rings (SSSR count). The molecule has 0 amide bonds. The van der Waals surface area contributed by atoms with Crippen molar-refractivity contribution in [2.75, 3.05) is 7.05 Å². The van der Waals surface area contributed by atoms with E-state index in [0.717, 1.165) is 13.1 Å². The molecule has 0 radical (unpaired) electrons. The fourth-order valence-corrected chi connectivity index (χ4v) is 2.07. The fourth-order valence-electron chi connectivity index (χ4n) is 1.94. The summed E-state index contributed by atoms with van der Waals surface area (Å²) in [5, 5.41) is 5.67. The average Bonchev–Trinajstić information content (AvgIpc) is 2.49. The lowest BCUT2D eigenvalue weighted by molar-refractivity contribution is 0.215. The summed E-state index contributed by atoms with van der Waals surface area (Å²) in [7, 11) is 1.82. The lowest BCUT2D eigenvalue weighted by Gasteiger charge is -2.24. The van der Waals surface area contributed by atoms with Crippen molar-refractivity contribution in [2.45, 2.75) is 13.1 Å². The first-order chi connectivity index (χ1) is 9.78. The Labute approximate surface area is 125 Å². The summed E-state index contributed by atoms with van der Waals surface area (Å²) >= 11 is 5.20. The van der Waals surface area contributed by atoms with E-state index < -0.39 is 0 Å². The molecule has 0 unspecified atom stereocenters. The summed E-state index contributed by atoms with van der Waals surface area (Å²) in [6.45, 7) is 1.58. The number of thiocarbonyl (C=S) groups is 1. The van der Waals surface area contributed by atoms with Gasteiger partial charge in [0.25, 0.3) is 0 Å². The van der Waals surface area contributed by atoms with Crippen molar-refractivity contribution in [3.05, 3.63) is 71.8 Å². The van der Waals surface area contributed by atoms with Gasteiger partial charge in [-0.1, -0.05) is 60.7 Å². The standard InChI is InChI=1S/C16H19N3S/c1-17-16(20)18-19(12-14-8-4-2-5-9-14)13-15-10-6-3-7-11-15/h2-11H,12-13H2,1H3,(H2,17,18,20). The van der Waals surface area contributed by atoms with Gasteiger partial charge in [-0.25, -0.2) is 5.01 Å². The Morgan fingerprint density at radius 3 is 1.75 bits per heavy atom. The van der Waals surface area contributed by atoms with Gasteiger partial charge in [-0.3, -0.25) is 5.43 Å². The summed E-state index contributed by atoms with van der Waals surface area (Å²) in [6, 6.07) is 20.7. The molecule has 0 bridgehead atoms. The summed E-state index contributed by atoms with van der Waals surface area (Å²) in [5.41, 5.74) is 5.71. The van der Waals surface area contributed by atoms with Gasteiger partial charge in [0.1, 0.15) is 0 Å². The zero-order chi connectivity index (χ0) is 14.2. The zero-order valence-electron chi connectivity index (χ0n) is 11.5. The first-order valence-corrected chi connectivity index (χ1v) is 7.00. The lowest BCUT2D eigenvalue weighted by atomic mass is 10.2. The Morgan fingerprint density at radius 2 is 1.35 bits per heavy atom. The normalized spacial score (nSPS) is 10.3. The van der Waals surface area contributed by atoms with Crippen LogP contribution in [0.15, 0.2) is 60.7 Å². The first kappa shape index (κ1) is 14.5. The Hall–Kier alpha value is -1.91. The van der Waals surface area contributed by atoms with Crippen molar-refractivity contribution in [3.63, 3.8) is 0 Å². The van der Waals surface area contributed by atoms with Crippen molar-refractivity contribution in [2.24, 2.45) is 0 Å². The third kappa shape index (κ3) is 4.64. The predicted octanol–water partition coefficient (Wildman–Crippen LogP) is 2.70. The van der Waals surface area contributed by atoms with E-state index in [1.807, 2.05) is 43.4 Å². The lowest BCUT2D eigenvalue weighted by Crippen LogP contribution is -2.45. The highest BCUT2D eigenvalue weighted by Crippen LogP contribution is 2.07. The van der Waals surface area contributed by atoms with Crippen molar-refractivity contribution >= 4 is 17.3 Å². The van der Waals surface area contributed by atoms with Crippen LogP contribution >= 0.6 is 12.2 Å². The second-order valence-corrected chi connectivity index (χ2v) is 4.93. The molecule has 2 aromatic carbocycles. The highest BCUT2D eigenvalue weighted by Gasteiger charge is 2.07. The van der Waals surface area contributed by atoms with Crippen molar-refractivity contribution in [1.29, 1.82) is 0 Å². The second kappa shape index (κ2) is 7.62. The topological polar surface area (TPSA) is 27.3 Å². The molecule has 0 aliphatic carbocycles. The van der Waals surface area contributed by atoms with E-state index in [-0.39, 0.29) is 0 Å². The molecule has 0 atom stereocenters. The van der Waals surface area contributed by atoms with Gasteiger partial charge in [0.05, 0.1) is 0 Å². The maximum Gasteiger partial charge on any atom is 0.180 e. The Morgan fingerprint density at radius 1 is 0.900 bits per heavy atom. The van der Waals surface area contributed by atoms with Crippen molar-refractivity contribution in [1.82, 2.24) is 15.8 Å². The molecule has 3 nitrogen and oxygen atoms in total. The number of hydrazine groups is 1. The highest BCUT2D eigenvalue weighted by molar-refractivity contribution is 7.80. The van der Waals surface area contributed by atoms with E-state index in [1.54, 1.807) is 0 Å². The molecule has 104 valence electrons. The van der Waals surface area contributed by atoms with Crippen LogP contribution in [-0.4, -0.2) is 17.2 Å². The Bertz CT molecular complexity index is 486. The van der Waals surface area contributed by atoms with Gasteiger partial charge < -0.3 is 5.32 Å². The van der Waals surface area contributed by atoms with Gasteiger partial charge >= 0.3 is 0 Å². The van der Waals surface area contributed by atoms with Gasteiger partial charge in [-0.05, 0) is 23.3 Å². The third-order valence-corrected chi connectivity index (χ3v) is 3.21. The molecule has 0 saturated carbocycles. The van der Waals surface area contributed by atoms with Crippen LogP contribution in [-0.2, 0) is 13.1 Å². The van der Waals surface area contributed by atoms with Gasteiger partial charge in [0.15, 0.2) is 5.11 Å². The Kier molecular flexibility index (Phi) is 5.53. The van der Waals surface area contributed by atoms with Crippen LogP contribution < -0.4 is 10.7 Å². The van der Waals surface area contributed by atoms with Gasteiger partial charge in [-0.15, -0.1) is 0 Å². The van der Waals surface area contributed by atoms with Crippen LogP contribution in [0.2, 0.25) is 0 Å². The average molecular weight is 285 g/mol. The van der Waals surface area contributed by atoms with Crippen molar-refractivity contribution in [3.8, 4) is 0 Å². The molecule has 0 fully saturated rings. The summed E-state index contributed by atoms with van der Waals surface area (Å²) in [4.78, 5) is 0. The SMILES string of the molecule is CNC(=S)NN(Cc1ccccc1)Cc1ccccc1. The van der Waals surface area contributed by atoms with Crippen LogP contribution in [0.25, 0.3) is 0 Å². The first-order valence-electron chi connectivity index (χ1n) is 6.59. The molecule has 4 heteroatoms. The maximum absolute atomic E-state index is 5.20. The number of nitrogens with zero attached hydrogens (tertiary/aromatic N) is 1. The van der Waals surface area contributed by atoms with E-state index in [9.17, 15) is 0 Å². The van der Waals surface area contributed by atoms with Crippen molar-refractivity contribution < 1.29 is 0 Å². The molecule has 20 heavy (non-hydrogen) atoms. The molecule has 0 aliphatic heterocycles. The molecular formula is C16H19N3S. The predicted molar refractivity (Wildman–Crippen MR) is 86.9 cm³/mol. The van der Waals surface area contributed by atoms with E-state index in [4.69, 9.17) is 12.2 Å². The molecule has 0 aromatic heterocycles. The van der Waals surface area contributed by atoms with E-state index in [1.165, 1.54) is 11.1 Å². The summed E-state index contributed by atoms with van der Waals surface area (Å²) in [5.74, 6) is 0. The number of hydrogen-bond acceptors (Lipinski definition) is 2. The van der Waals surface area contributed by atoms with E-state index >= 15 is 0 Å². The third-order valence-electron chi connectivity index (χ3n) is 2.92. The smallest absolute Gasteiger partial charge is 0.180 e. The second-order valence-electron chi connectivity index (χ2n) is 4.52. The molecule has 0 spiro atoms. The number of nitrogens with one attached hydrogen (secondary N) is 2. The van der Waals surface area contributed by atoms with Crippen LogP contribution in [0.5, 0.6) is 0 Å². The largest absolute Gasteiger partial charge is 0.365 e. The van der Waals surface area contributed by atoms with Crippen LogP contribution in [0, 0.1) is 0 Å². The van der Waals surface area contributed by atoms with Crippen LogP contribution in [0.1, 0.15) is 11.1 Å². The quantitative estimate of drug-likeness (QED) is 0.652. The molecule has 0 aliphatic rings. The molecule has 2 N–H and O–H groups in total. The number of hydrogen-bond donors (Lipinski definition) is 2. The zero-order valence-corrected chi connectivity index (χ0v) is 12.4. The number of benzene rings is 2. The molecule has 0 saturated heterocycles. The summed E-state index contributed by atoms with van der Waals surface area (Å²) in [6.07, 6.45) is 0. The molecule has 0 heterocycles. The monoisotopic (exact) mass is 285 g/mol. The maximum atomic E-state index is 5.20. The van der Waals surface area contributed by atoms with Crippen LogP contribution in [0.4, 0.5) is 0 Å². The summed E-state index contributed by atoms with van der Waals surface area (Å²) < 4.78 is 0. The van der Waals surface area contributed by atoms with E-state index in [0.29, 0.717) is 5.11 Å². The minimum atomic E-state index is 0.622. The fraction of sp³-hybridized carbons (Fsp3) is 0.188. The van der Waals surface area contributed by atoms with E-state index in [2.05, 4.69) is 40.0 Å². The minimum Gasteiger partial charge on any atom is -0.365 e. The molecule has 2 aromatic rings. The van der Waals surface area contributed by atoms with Crippen LogP contribution in [0.3, 0.4) is 0 Å².